The molecule has 0 unspecified atom stereocenters. The van der Waals surface area contributed by atoms with Crippen molar-refractivity contribution in [1.82, 2.24) is 14.9 Å². The first-order valence-electron chi connectivity index (χ1n) is 7.62. The van der Waals surface area contributed by atoms with E-state index in [1.807, 2.05) is 13.8 Å². The number of hydrogen-bond acceptors (Lipinski definition) is 4. The number of nitrogens with one attached hydrogen (secondary N) is 1. The summed E-state index contributed by atoms with van der Waals surface area (Å²) >= 11 is 1.54. The summed E-state index contributed by atoms with van der Waals surface area (Å²) in [6.45, 7) is 9.23. The molecule has 0 aliphatic carbocycles. The third kappa shape index (κ3) is 3.74. The van der Waals surface area contributed by atoms with Gasteiger partial charge in [0.25, 0.3) is 5.56 Å². The predicted octanol–water partition coefficient (Wildman–Crippen LogP) is 2.63. The lowest BCUT2D eigenvalue weighted by Gasteiger charge is -2.08. The molecule has 0 fully saturated rings. The van der Waals surface area contributed by atoms with Crippen molar-refractivity contribution in [2.24, 2.45) is 5.92 Å². The molecule has 0 aromatic carbocycles. The van der Waals surface area contributed by atoms with Crippen LogP contribution in [0.2, 0.25) is 0 Å². The van der Waals surface area contributed by atoms with Gasteiger partial charge in [-0.05, 0) is 31.7 Å². The fourth-order valence-corrected chi connectivity index (χ4v) is 3.23. The smallest absolute Gasteiger partial charge is 0.262 e. The van der Waals surface area contributed by atoms with E-state index in [-0.39, 0.29) is 11.5 Å². The topological polar surface area (TPSA) is 64.0 Å². The van der Waals surface area contributed by atoms with Gasteiger partial charge in [-0.3, -0.25) is 14.2 Å². The van der Waals surface area contributed by atoms with Gasteiger partial charge in [0.1, 0.15) is 4.83 Å². The molecule has 0 radical (unpaired) electrons. The minimum atomic E-state index is -0.0539. The molecule has 2 rings (SSSR count). The number of aryl methyl sites for hydroxylation is 3. The van der Waals surface area contributed by atoms with E-state index >= 15 is 0 Å². The zero-order valence-corrected chi connectivity index (χ0v) is 14.4. The molecule has 1 N–H and O–H groups in total. The molecule has 6 heteroatoms. The number of nitrogens with zero attached hydrogens (tertiary/aromatic N) is 2. The third-order valence-corrected chi connectivity index (χ3v) is 4.89. The number of hydrogen-bond donors (Lipinski definition) is 1. The molecule has 2 heterocycles. The molecular formula is C16H23N3O2S. The molecule has 120 valence electrons. The van der Waals surface area contributed by atoms with E-state index in [1.165, 1.54) is 15.9 Å². The molecule has 0 atom stereocenters. The van der Waals surface area contributed by atoms with Crippen molar-refractivity contribution in [3.05, 3.63) is 27.1 Å². The van der Waals surface area contributed by atoms with Gasteiger partial charge in [-0.1, -0.05) is 13.8 Å². The normalized spacial score (nSPS) is 11.3. The van der Waals surface area contributed by atoms with Crippen LogP contribution in [0.5, 0.6) is 0 Å². The Bertz CT molecular complexity index is 731. The van der Waals surface area contributed by atoms with Crippen molar-refractivity contribution >= 4 is 27.5 Å². The Hall–Kier alpha value is -1.69. The second kappa shape index (κ2) is 7.05. The van der Waals surface area contributed by atoms with Gasteiger partial charge in [0.2, 0.25) is 5.91 Å². The molecule has 1 amide bonds. The Kier molecular flexibility index (Phi) is 5.34. The maximum atomic E-state index is 12.5. The summed E-state index contributed by atoms with van der Waals surface area (Å²) < 4.78 is 1.53. The first kappa shape index (κ1) is 16.7. The first-order chi connectivity index (χ1) is 10.4. The van der Waals surface area contributed by atoms with Gasteiger partial charge >= 0.3 is 0 Å². The van der Waals surface area contributed by atoms with Crippen LogP contribution >= 0.6 is 11.3 Å². The summed E-state index contributed by atoms with van der Waals surface area (Å²) in [4.78, 5) is 30.5. The van der Waals surface area contributed by atoms with E-state index in [0.29, 0.717) is 30.8 Å². The van der Waals surface area contributed by atoms with Crippen LogP contribution in [0.25, 0.3) is 10.2 Å². The molecule has 2 aromatic rings. The van der Waals surface area contributed by atoms with Crippen molar-refractivity contribution in [3.63, 3.8) is 0 Å². The van der Waals surface area contributed by atoms with Crippen molar-refractivity contribution in [2.45, 2.75) is 47.1 Å². The van der Waals surface area contributed by atoms with E-state index < -0.39 is 0 Å². The van der Waals surface area contributed by atoms with Gasteiger partial charge in [-0.15, -0.1) is 11.3 Å². The summed E-state index contributed by atoms with van der Waals surface area (Å²) in [5.41, 5.74) is 0.940. The van der Waals surface area contributed by atoms with Gasteiger partial charge in [-0.25, -0.2) is 4.98 Å². The van der Waals surface area contributed by atoms with E-state index in [2.05, 4.69) is 24.1 Å². The van der Waals surface area contributed by atoms with Crippen molar-refractivity contribution < 1.29 is 4.79 Å². The van der Waals surface area contributed by atoms with Crippen LogP contribution in [0.15, 0.2) is 11.1 Å². The molecule has 0 aliphatic heterocycles. The lowest BCUT2D eigenvalue weighted by molar-refractivity contribution is -0.121. The molecule has 5 nitrogen and oxygen atoms in total. The molecular weight excluding hydrogens is 298 g/mol. The number of amides is 1. The second-order valence-electron chi connectivity index (χ2n) is 5.99. The Labute approximate surface area is 134 Å². The predicted molar refractivity (Wildman–Crippen MR) is 90.4 cm³/mol. The monoisotopic (exact) mass is 321 g/mol. The van der Waals surface area contributed by atoms with Crippen molar-refractivity contribution in [2.75, 3.05) is 6.54 Å². The van der Waals surface area contributed by atoms with Crippen LogP contribution in [-0.2, 0) is 11.3 Å². The largest absolute Gasteiger partial charge is 0.356 e. The molecule has 0 saturated carbocycles. The van der Waals surface area contributed by atoms with Crippen LogP contribution < -0.4 is 10.9 Å². The quantitative estimate of drug-likeness (QED) is 0.889. The molecule has 22 heavy (non-hydrogen) atoms. The van der Waals surface area contributed by atoms with Gasteiger partial charge in [0.05, 0.1) is 11.7 Å². The molecule has 0 bridgehead atoms. The highest BCUT2D eigenvalue weighted by Gasteiger charge is 2.12. The highest BCUT2D eigenvalue weighted by Crippen LogP contribution is 2.25. The molecule has 2 aromatic heterocycles. The lowest BCUT2D eigenvalue weighted by atomic mass is 10.1. The summed E-state index contributed by atoms with van der Waals surface area (Å²) in [5.74, 6) is 0.546. The number of fused-ring (bicyclic) bond motifs is 1. The van der Waals surface area contributed by atoms with Crippen LogP contribution in [0.1, 0.15) is 37.1 Å². The molecule has 0 saturated heterocycles. The van der Waals surface area contributed by atoms with Gasteiger partial charge in [0, 0.05) is 24.4 Å². The summed E-state index contributed by atoms with van der Waals surface area (Å²) in [7, 11) is 0. The number of rotatable bonds is 6. The maximum absolute atomic E-state index is 12.5. The van der Waals surface area contributed by atoms with Crippen molar-refractivity contribution in [3.8, 4) is 0 Å². The third-order valence-electron chi connectivity index (χ3n) is 3.78. The zero-order chi connectivity index (χ0) is 16.3. The number of thiophene rings is 1. The van der Waals surface area contributed by atoms with Crippen LogP contribution in [0.4, 0.5) is 0 Å². The Morgan fingerprint density at radius 1 is 1.41 bits per heavy atom. The second-order valence-corrected chi connectivity index (χ2v) is 7.19. The van der Waals surface area contributed by atoms with Gasteiger partial charge in [0.15, 0.2) is 0 Å². The Morgan fingerprint density at radius 2 is 2.14 bits per heavy atom. The van der Waals surface area contributed by atoms with E-state index in [9.17, 15) is 9.59 Å². The van der Waals surface area contributed by atoms with Gasteiger partial charge in [-0.2, -0.15) is 0 Å². The zero-order valence-electron chi connectivity index (χ0n) is 13.6. The summed E-state index contributed by atoms with van der Waals surface area (Å²) in [6.07, 6.45) is 2.81. The highest BCUT2D eigenvalue weighted by molar-refractivity contribution is 7.18. The number of aromatic nitrogens is 2. The lowest BCUT2D eigenvalue weighted by Crippen LogP contribution is -2.28. The van der Waals surface area contributed by atoms with Crippen LogP contribution in [0, 0.1) is 19.8 Å². The van der Waals surface area contributed by atoms with E-state index in [1.54, 1.807) is 6.33 Å². The Balaban J connectivity index is 2.03. The van der Waals surface area contributed by atoms with E-state index in [0.717, 1.165) is 21.7 Å². The maximum Gasteiger partial charge on any atom is 0.262 e. The number of carbonyl (C=O) groups excluding carboxylic acids is 1. The Morgan fingerprint density at radius 3 is 2.82 bits per heavy atom. The van der Waals surface area contributed by atoms with Crippen molar-refractivity contribution in [1.29, 1.82) is 0 Å². The first-order valence-corrected chi connectivity index (χ1v) is 8.43. The molecule has 0 spiro atoms. The average Bonchev–Trinajstić information content (AvgIpc) is 2.74. The molecule has 0 aliphatic rings. The SMILES string of the molecule is Cc1sc2ncn(CCC(=O)NCCC(C)C)c(=O)c2c1C. The highest BCUT2D eigenvalue weighted by atomic mass is 32.1. The summed E-state index contributed by atoms with van der Waals surface area (Å²) in [5, 5.41) is 3.57. The minimum Gasteiger partial charge on any atom is -0.356 e. The minimum absolute atomic E-state index is 0.0223. The van der Waals surface area contributed by atoms with Gasteiger partial charge < -0.3 is 5.32 Å². The fraction of sp³-hybridized carbons (Fsp3) is 0.562. The standard InChI is InChI=1S/C16H23N3O2S/c1-10(2)5-7-17-13(20)6-8-19-9-18-15-14(16(19)21)11(3)12(4)22-15/h9-10H,5-8H2,1-4H3,(H,17,20). The van der Waals surface area contributed by atoms with Crippen LogP contribution in [-0.4, -0.2) is 22.0 Å². The van der Waals surface area contributed by atoms with Crippen LogP contribution in [0.3, 0.4) is 0 Å². The van der Waals surface area contributed by atoms with E-state index in [4.69, 9.17) is 0 Å². The fourth-order valence-electron chi connectivity index (χ4n) is 2.24. The number of carbonyl (C=O) groups is 1. The summed E-state index contributed by atoms with van der Waals surface area (Å²) in [6, 6.07) is 0. The average molecular weight is 321 g/mol.